The van der Waals surface area contributed by atoms with Gasteiger partial charge in [0.2, 0.25) is 0 Å². The summed E-state index contributed by atoms with van der Waals surface area (Å²) in [5.41, 5.74) is 1.37. The van der Waals surface area contributed by atoms with Crippen molar-refractivity contribution in [2.75, 3.05) is 0 Å². The maximum absolute atomic E-state index is 10.9. The number of hydrogen-bond donors (Lipinski definition) is 1. The fourth-order valence-corrected chi connectivity index (χ4v) is 2.01. The van der Waals surface area contributed by atoms with Gasteiger partial charge in [0.1, 0.15) is 5.75 Å². The zero-order chi connectivity index (χ0) is 14.0. The molecule has 1 aromatic carbocycles. The normalized spacial score (nSPS) is 10.3. The van der Waals surface area contributed by atoms with Crippen LogP contribution in [0, 0.1) is 13.8 Å². The van der Waals surface area contributed by atoms with Crippen LogP contribution in [-0.2, 0) is 0 Å². The lowest BCUT2D eigenvalue weighted by molar-refractivity contribution is 0.0695. The summed E-state index contributed by atoms with van der Waals surface area (Å²) in [6.07, 6.45) is 1.24. The number of carboxylic acid groups (broad SMARTS) is 1. The van der Waals surface area contributed by atoms with E-state index in [1.165, 1.54) is 6.20 Å². The number of halogens is 1. The summed E-state index contributed by atoms with van der Waals surface area (Å²) in [4.78, 5) is 18.8. The SMILES string of the molecule is Cc1cc(Br)ccc1Oc1ncc(C(=O)O)c(C)n1. The Bertz CT molecular complexity index is 644. The maximum atomic E-state index is 10.9. The standard InChI is InChI=1S/C13H11BrN2O3/c1-7-5-9(14)3-4-11(7)19-13-15-6-10(12(17)18)8(2)16-13/h3-6H,1-2H3,(H,17,18). The van der Waals surface area contributed by atoms with Gasteiger partial charge in [0.05, 0.1) is 11.3 Å². The Morgan fingerprint density at radius 3 is 2.68 bits per heavy atom. The van der Waals surface area contributed by atoms with Crippen LogP contribution in [0.5, 0.6) is 11.8 Å². The molecule has 0 saturated heterocycles. The number of aryl methyl sites for hydroxylation is 2. The minimum Gasteiger partial charge on any atom is -0.478 e. The third-order valence-electron chi connectivity index (χ3n) is 2.53. The summed E-state index contributed by atoms with van der Waals surface area (Å²) in [5, 5.41) is 8.89. The van der Waals surface area contributed by atoms with Crippen LogP contribution in [0.1, 0.15) is 21.6 Å². The monoisotopic (exact) mass is 322 g/mol. The zero-order valence-corrected chi connectivity index (χ0v) is 11.9. The van der Waals surface area contributed by atoms with Crippen LogP contribution in [0.4, 0.5) is 0 Å². The fourth-order valence-electron chi connectivity index (χ4n) is 1.53. The van der Waals surface area contributed by atoms with Crippen molar-refractivity contribution in [1.29, 1.82) is 0 Å². The number of carboxylic acids is 1. The first-order valence-corrected chi connectivity index (χ1v) is 6.27. The van der Waals surface area contributed by atoms with E-state index in [0.29, 0.717) is 11.4 Å². The first-order chi connectivity index (χ1) is 8.97. The van der Waals surface area contributed by atoms with Gasteiger partial charge in [0.25, 0.3) is 0 Å². The summed E-state index contributed by atoms with van der Waals surface area (Å²) < 4.78 is 6.50. The van der Waals surface area contributed by atoms with Gasteiger partial charge in [-0.1, -0.05) is 15.9 Å². The molecule has 2 aromatic rings. The van der Waals surface area contributed by atoms with E-state index in [0.717, 1.165) is 10.0 Å². The van der Waals surface area contributed by atoms with E-state index >= 15 is 0 Å². The second-order valence-electron chi connectivity index (χ2n) is 3.97. The summed E-state index contributed by atoms with van der Waals surface area (Å²) >= 11 is 3.37. The van der Waals surface area contributed by atoms with Crippen LogP contribution in [0.25, 0.3) is 0 Å². The Morgan fingerprint density at radius 1 is 1.37 bits per heavy atom. The lowest BCUT2D eigenvalue weighted by atomic mass is 10.2. The summed E-state index contributed by atoms with van der Waals surface area (Å²) in [5.74, 6) is -0.422. The quantitative estimate of drug-likeness (QED) is 0.938. The van der Waals surface area contributed by atoms with Gasteiger partial charge < -0.3 is 9.84 Å². The zero-order valence-electron chi connectivity index (χ0n) is 10.3. The molecule has 0 spiro atoms. The molecular weight excluding hydrogens is 312 g/mol. The van der Waals surface area contributed by atoms with Crippen molar-refractivity contribution in [1.82, 2.24) is 9.97 Å². The molecule has 0 atom stereocenters. The molecule has 1 aromatic heterocycles. The van der Waals surface area contributed by atoms with Gasteiger partial charge in [-0.25, -0.2) is 9.78 Å². The second kappa shape index (κ2) is 5.36. The van der Waals surface area contributed by atoms with Gasteiger partial charge in [0.15, 0.2) is 0 Å². The molecule has 0 aliphatic carbocycles. The van der Waals surface area contributed by atoms with Crippen LogP contribution < -0.4 is 4.74 Å². The number of benzene rings is 1. The summed E-state index contributed by atoms with van der Waals surface area (Å²) in [6.45, 7) is 3.50. The van der Waals surface area contributed by atoms with Crippen LogP contribution in [-0.4, -0.2) is 21.0 Å². The highest BCUT2D eigenvalue weighted by Gasteiger charge is 2.11. The predicted octanol–water partition coefficient (Wildman–Crippen LogP) is 3.35. The van der Waals surface area contributed by atoms with E-state index in [1.54, 1.807) is 13.0 Å². The van der Waals surface area contributed by atoms with E-state index in [4.69, 9.17) is 9.84 Å². The largest absolute Gasteiger partial charge is 0.478 e. The minimum absolute atomic E-state index is 0.0693. The molecule has 1 N–H and O–H groups in total. The molecule has 0 aliphatic heterocycles. The molecule has 0 radical (unpaired) electrons. The molecule has 1 heterocycles. The molecule has 0 aliphatic rings. The Labute approximate surface area is 118 Å². The molecule has 98 valence electrons. The molecule has 0 unspecified atom stereocenters. The van der Waals surface area contributed by atoms with Gasteiger partial charge in [-0.3, -0.25) is 0 Å². The van der Waals surface area contributed by atoms with Crippen molar-refractivity contribution in [3.8, 4) is 11.8 Å². The highest BCUT2D eigenvalue weighted by Crippen LogP contribution is 2.25. The van der Waals surface area contributed by atoms with Crippen LogP contribution in [0.15, 0.2) is 28.9 Å². The molecular formula is C13H11BrN2O3. The number of ether oxygens (including phenoxy) is 1. The molecule has 5 nitrogen and oxygen atoms in total. The maximum Gasteiger partial charge on any atom is 0.339 e. The Morgan fingerprint density at radius 2 is 2.11 bits per heavy atom. The molecule has 0 bridgehead atoms. The predicted molar refractivity (Wildman–Crippen MR) is 72.7 cm³/mol. The minimum atomic E-state index is -1.05. The van der Waals surface area contributed by atoms with Crippen LogP contribution >= 0.6 is 15.9 Å². The number of hydrogen-bond acceptors (Lipinski definition) is 4. The van der Waals surface area contributed by atoms with Gasteiger partial charge in [-0.15, -0.1) is 0 Å². The van der Waals surface area contributed by atoms with E-state index < -0.39 is 5.97 Å². The van der Waals surface area contributed by atoms with E-state index in [1.807, 2.05) is 19.1 Å². The number of nitrogens with zero attached hydrogens (tertiary/aromatic N) is 2. The summed E-state index contributed by atoms with van der Waals surface area (Å²) in [6, 6.07) is 5.69. The van der Waals surface area contributed by atoms with E-state index in [9.17, 15) is 4.79 Å². The third-order valence-corrected chi connectivity index (χ3v) is 3.02. The van der Waals surface area contributed by atoms with Crippen molar-refractivity contribution in [3.63, 3.8) is 0 Å². The second-order valence-corrected chi connectivity index (χ2v) is 4.88. The van der Waals surface area contributed by atoms with Crippen molar-refractivity contribution in [2.24, 2.45) is 0 Å². The van der Waals surface area contributed by atoms with E-state index in [-0.39, 0.29) is 11.6 Å². The Kier molecular flexibility index (Phi) is 3.80. The van der Waals surface area contributed by atoms with Crippen LogP contribution in [0.3, 0.4) is 0 Å². The third kappa shape index (κ3) is 3.08. The number of rotatable bonds is 3. The summed E-state index contributed by atoms with van der Waals surface area (Å²) in [7, 11) is 0. The molecule has 19 heavy (non-hydrogen) atoms. The van der Waals surface area contributed by atoms with Crippen molar-refractivity contribution in [2.45, 2.75) is 13.8 Å². The average molecular weight is 323 g/mol. The number of aromatic carboxylic acids is 1. The highest BCUT2D eigenvalue weighted by atomic mass is 79.9. The topological polar surface area (TPSA) is 72.3 Å². The molecule has 2 rings (SSSR count). The molecule has 6 heteroatoms. The highest BCUT2D eigenvalue weighted by molar-refractivity contribution is 9.10. The lowest BCUT2D eigenvalue weighted by Gasteiger charge is -2.08. The number of aromatic nitrogens is 2. The van der Waals surface area contributed by atoms with Gasteiger partial charge in [-0.2, -0.15) is 4.98 Å². The average Bonchev–Trinajstić information content (AvgIpc) is 2.32. The Balaban J connectivity index is 2.29. The van der Waals surface area contributed by atoms with Gasteiger partial charge >= 0.3 is 12.0 Å². The Hall–Kier alpha value is -1.95. The van der Waals surface area contributed by atoms with Crippen molar-refractivity contribution < 1.29 is 14.6 Å². The molecule has 0 amide bonds. The molecule has 0 saturated carbocycles. The van der Waals surface area contributed by atoms with Gasteiger partial charge in [0, 0.05) is 10.7 Å². The number of carbonyl (C=O) groups is 1. The van der Waals surface area contributed by atoms with E-state index in [2.05, 4.69) is 25.9 Å². The first-order valence-electron chi connectivity index (χ1n) is 5.48. The van der Waals surface area contributed by atoms with Crippen LogP contribution in [0.2, 0.25) is 0 Å². The fraction of sp³-hybridized carbons (Fsp3) is 0.154. The smallest absolute Gasteiger partial charge is 0.339 e. The molecule has 0 fully saturated rings. The lowest BCUT2D eigenvalue weighted by Crippen LogP contribution is -2.04. The van der Waals surface area contributed by atoms with Crippen molar-refractivity contribution >= 4 is 21.9 Å². The first kappa shape index (κ1) is 13.5. The van der Waals surface area contributed by atoms with Crippen molar-refractivity contribution in [3.05, 3.63) is 45.7 Å². The van der Waals surface area contributed by atoms with Gasteiger partial charge in [-0.05, 0) is 37.6 Å².